The molecule has 0 saturated carbocycles. The van der Waals surface area contributed by atoms with Crippen LogP contribution in [-0.4, -0.2) is 20.3 Å². The van der Waals surface area contributed by atoms with Crippen LogP contribution < -0.4 is 5.73 Å². The number of fused-ring (bicyclic) bond motifs is 1. The Morgan fingerprint density at radius 1 is 1.32 bits per heavy atom. The molecule has 3 aromatic rings. The minimum absolute atomic E-state index is 0.170. The van der Waals surface area contributed by atoms with Crippen LogP contribution in [0.2, 0.25) is 0 Å². The first-order valence-electron chi connectivity index (χ1n) is 5.98. The number of aromatic nitrogens is 3. The van der Waals surface area contributed by atoms with E-state index in [0.717, 1.165) is 10.9 Å². The van der Waals surface area contributed by atoms with Gasteiger partial charge in [-0.1, -0.05) is 6.07 Å². The highest BCUT2D eigenvalue weighted by Gasteiger charge is 2.15. The van der Waals surface area contributed by atoms with Crippen molar-refractivity contribution in [3.63, 3.8) is 0 Å². The maximum Gasteiger partial charge on any atom is 0.278 e. The van der Waals surface area contributed by atoms with Gasteiger partial charge in [0.2, 0.25) is 0 Å². The van der Waals surface area contributed by atoms with Crippen LogP contribution in [0, 0.1) is 6.92 Å². The van der Waals surface area contributed by atoms with Crippen molar-refractivity contribution >= 4 is 22.5 Å². The molecule has 19 heavy (non-hydrogen) atoms. The van der Waals surface area contributed by atoms with Gasteiger partial charge in [-0.3, -0.25) is 4.79 Å². The van der Waals surface area contributed by atoms with Crippen molar-refractivity contribution in [3.05, 3.63) is 47.9 Å². The minimum Gasteiger partial charge on any atom is -0.396 e. The number of carbonyl (C=O) groups is 1. The number of hydrogen-bond donors (Lipinski definition) is 1. The molecule has 0 atom stereocenters. The summed E-state index contributed by atoms with van der Waals surface area (Å²) in [5, 5.41) is 5.05. The molecule has 0 unspecified atom stereocenters. The number of carbonyl (C=O) groups excluding carboxylic acids is 1. The lowest BCUT2D eigenvalue weighted by Crippen LogP contribution is -2.13. The number of hydrogen-bond acceptors (Lipinski definition) is 3. The van der Waals surface area contributed by atoms with E-state index in [-0.39, 0.29) is 5.91 Å². The molecule has 0 aliphatic rings. The summed E-state index contributed by atoms with van der Waals surface area (Å²) < 4.78 is 3.28. The van der Waals surface area contributed by atoms with Crippen LogP contribution in [0.1, 0.15) is 16.1 Å². The van der Waals surface area contributed by atoms with Crippen LogP contribution in [0.25, 0.3) is 10.9 Å². The molecule has 5 nitrogen and oxygen atoms in total. The standard InChI is InChI=1S/C14H14N4O/c1-9-12(15)8-18(16-9)14(19)11-4-3-5-13-10(11)6-7-17(13)2/h3-8H,15H2,1-2H3. The number of aryl methyl sites for hydroxylation is 2. The van der Waals surface area contributed by atoms with Crippen molar-refractivity contribution in [2.75, 3.05) is 5.73 Å². The van der Waals surface area contributed by atoms with Gasteiger partial charge in [0.25, 0.3) is 5.91 Å². The zero-order valence-electron chi connectivity index (χ0n) is 10.8. The number of anilines is 1. The third-order valence-electron chi connectivity index (χ3n) is 3.30. The molecule has 5 heteroatoms. The zero-order valence-corrected chi connectivity index (χ0v) is 10.8. The fraction of sp³-hybridized carbons (Fsp3) is 0.143. The number of benzene rings is 1. The molecule has 0 aliphatic heterocycles. The Balaban J connectivity index is 2.16. The Bertz CT molecular complexity index is 762. The minimum atomic E-state index is -0.170. The summed E-state index contributed by atoms with van der Waals surface area (Å²) in [6, 6.07) is 7.59. The summed E-state index contributed by atoms with van der Waals surface area (Å²) in [7, 11) is 1.95. The van der Waals surface area contributed by atoms with E-state index in [9.17, 15) is 4.79 Å². The highest BCUT2D eigenvalue weighted by atomic mass is 16.2. The normalized spacial score (nSPS) is 11.1. The van der Waals surface area contributed by atoms with Gasteiger partial charge in [-0.15, -0.1) is 0 Å². The topological polar surface area (TPSA) is 65.8 Å². The highest BCUT2D eigenvalue weighted by Crippen LogP contribution is 2.21. The average molecular weight is 254 g/mol. The zero-order chi connectivity index (χ0) is 13.6. The van der Waals surface area contributed by atoms with Gasteiger partial charge in [0.15, 0.2) is 0 Å². The quantitative estimate of drug-likeness (QED) is 0.721. The second-order valence-electron chi connectivity index (χ2n) is 4.58. The first kappa shape index (κ1) is 11.5. The van der Waals surface area contributed by atoms with E-state index in [0.29, 0.717) is 16.9 Å². The fourth-order valence-corrected chi connectivity index (χ4v) is 2.19. The molecule has 2 N–H and O–H groups in total. The lowest BCUT2D eigenvalue weighted by Gasteiger charge is -2.03. The molecule has 1 aromatic carbocycles. The summed E-state index contributed by atoms with van der Waals surface area (Å²) in [6.07, 6.45) is 3.49. The second-order valence-corrected chi connectivity index (χ2v) is 4.58. The van der Waals surface area contributed by atoms with Crippen LogP contribution >= 0.6 is 0 Å². The number of nitrogen functional groups attached to an aromatic ring is 1. The predicted molar refractivity (Wildman–Crippen MR) is 74.0 cm³/mol. The summed E-state index contributed by atoms with van der Waals surface area (Å²) >= 11 is 0. The van der Waals surface area contributed by atoms with E-state index in [1.807, 2.05) is 36.0 Å². The SMILES string of the molecule is Cc1nn(C(=O)c2cccc3c2ccn3C)cc1N. The first-order valence-corrected chi connectivity index (χ1v) is 5.98. The molecule has 0 fully saturated rings. The largest absolute Gasteiger partial charge is 0.396 e. The van der Waals surface area contributed by atoms with Crippen molar-refractivity contribution in [2.24, 2.45) is 7.05 Å². The van der Waals surface area contributed by atoms with Crippen LogP contribution in [0.3, 0.4) is 0 Å². The van der Waals surface area contributed by atoms with Crippen molar-refractivity contribution < 1.29 is 4.79 Å². The van der Waals surface area contributed by atoms with E-state index in [1.165, 1.54) is 4.68 Å². The third-order valence-corrected chi connectivity index (χ3v) is 3.30. The molecule has 0 amide bonds. The van der Waals surface area contributed by atoms with Gasteiger partial charge in [-0.2, -0.15) is 5.10 Å². The van der Waals surface area contributed by atoms with E-state index < -0.39 is 0 Å². The molecule has 2 heterocycles. The molecule has 0 saturated heterocycles. The van der Waals surface area contributed by atoms with E-state index in [4.69, 9.17) is 5.73 Å². The van der Waals surface area contributed by atoms with Gasteiger partial charge >= 0.3 is 0 Å². The molecular formula is C14H14N4O. The lowest BCUT2D eigenvalue weighted by molar-refractivity contribution is 0.0946. The number of rotatable bonds is 1. The summed E-state index contributed by atoms with van der Waals surface area (Å²) in [4.78, 5) is 12.5. The van der Waals surface area contributed by atoms with Gasteiger partial charge in [0, 0.05) is 24.1 Å². The van der Waals surface area contributed by atoms with Gasteiger partial charge < -0.3 is 10.3 Å². The summed E-state index contributed by atoms with van der Waals surface area (Å²) in [5.74, 6) is -0.170. The Morgan fingerprint density at radius 2 is 2.11 bits per heavy atom. The van der Waals surface area contributed by atoms with Crippen LogP contribution in [-0.2, 0) is 7.05 Å². The maximum absolute atomic E-state index is 12.5. The smallest absolute Gasteiger partial charge is 0.278 e. The molecule has 0 bridgehead atoms. The Morgan fingerprint density at radius 3 is 2.79 bits per heavy atom. The molecule has 0 radical (unpaired) electrons. The Kier molecular flexibility index (Phi) is 2.41. The van der Waals surface area contributed by atoms with Crippen molar-refractivity contribution in [1.29, 1.82) is 0 Å². The molecule has 0 spiro atoms. The summed E-state index contributed by atoms with van der Waals surface area (Å²) in [6.45, 7) is 1.78. The molecule has 0 aliphatic carbocycles. The van der Waals surface area contributed by atoms with E-state index in [1.54, 1.807) is 19.2 Å². The van der Waals surface area contributed by atoms with E-state index in [2.05, 4.69) is 5.10 Å². The van der Waals surface area contributed by atoms with Crippen molar-refractivity contribution in [3.8, 4) is 0 Å². The monoisotopic (exact) mass is 254 g/mol. The van der Waals surface area contributed by atoms with Crippen molar-refractivity contribution in [1.82, 2.24) is 14.3 Å². The molecule has 3 rings (SSSR count). The van der Waals surface area contributed by atoms with Crippen molar-refractivity contribution in [2.45, 2.75) is 6.92 Å². The number of nitrogens with zero attached hydrogens (tertiary/aromatic N) is 3. The second kappa shape index (κ2) is 3.98. The highest BCUT2D eigenvalue weighted by molar-refractivity contribution is 6.07. The molecule has 2 aromatic heterocycles. The maximum atomic E-state index is 12.5. The fourth-order valence-electron chi connectivity index (χ4n) is 2.19. The van der Waals surface area contributed by atoms with Gasteiger partial charge in [0.1, 0.15) is 0 Å². The first-order chi connectivity index (χ1) is 9.08. The predicted octanol–water partition coefficient (Wildman–Crippen LogP) is 1.95. The molecular weight excluding hydrogens is 240 g/mol. The van der Waals surface area contributed by atoms with E-state index >= 15 is 0 Å². The average Bonchev–Trinajstić information content (AvgIpc) is 2.93. The van der Waals surface area contributed by atoms with Crippen LogP contribution in [0.5, 0.6) is 0 Å². The lowest BCUT2D eigenvalue weighted by atomic mass is 10.1. The van der Waals surface area contributed by atoms with Gasteiger partial charge in [-0.05, 0) is 25.1 Å². The van der Waals surface area contributed by atoms with Crippen LogP contribution in [0.4, 0.5) is 5.69 Å². The van der Waals surface area contributed by atoms with Gasteiger partial charge in [-0.25, -0.2) is 4.68 Å². The number of nitrogens with two attached hydrogens (primary N) is 1. The Labute approximate surface area is 110 Å². The van der Waals surface area contributed by atoms with Gasteiger partial charge in [0.05, 0.1) is 23.1 Å². The Hall–Kier alpha value is -2.56. The summed E-state index contributed by atoms with van der Waals surface area (Å²) in [5.41, 5.74) is 8.56. The molecule has 96 valence electrons. The van der Waals surface area contributed by atoms with Crippen LogP contribution in [0.15, 0.2) is 36.7 Å². The third kappa shape index (κ3) is 1.71.